The Hall–Kier alpha value is -2.06. The van der Waals surface area contributed by atoms with Crippen molar-refractivity contribution in [2.45, 2.75) is 20.3 Å². The van der Waals surface area contributed by atoms with Crippen molar-refractivity contribution in [3.05, 3.63) is 40.5 Å². The van der Waals surface area contributed by atoms with E-state index in [1.54, 1.807) is 4.52 Å². The van der Waals surface area contributed by atoms with Crippen LogP contribution < -0.4 is 0 Å². The number of H-pyrrole nitrogens is 1. The van der Waals surface area contributed by atoms with Gasteiger partial charge in [0.25, 0.3) is 0 Å². The highest BCUT2D eigenvalue weighted by molar-refractivity contribution is 9.10. The van der Waals surface area contributed by atoms with Crippen molar-refractivity contribution >= 4 is 32.2 Å². The first-order chi connectivity index (χ1) is 11.6. The van der Waals surface area contributed by atoms with Gasteiger partial charge >= 0.3 is 0 Å². The molecule has 0 aliphatic carbocycles. The summed E-state index contributed by atoms with van der Waals surface area (Å²) in [7, 11) is 0. The molecular formula is C16H15BrN6S. The number of halogens is 1. The Morgan fingerprint density at radius 3 is 2.88 bits per heavy atom. The van der Waals surface area contributed by atoms with Crippen LogP contribution in [0, 0.1) is 5.92 Å². The predicted octanol–water partition coefficient (Wildman–Crippen LogP) is 4.20. The van der Waals surface area contributed by atoms with Crippen molar-refractivity contribution in [3.8, 4) is 22.1 Å². The monoisotopic (exact) mass is 402 g/mol. The summed E-state index contributed by atoms with van der Waals surface area (Å²) < 4.78 is 2.77. The van der Waals surface area contributed by atoms with Crippen LogP contribution in [0.4, 0.5) is 0 Å². The second-order valence-corrected chi connectivity index (χ2v) is 7.79. The third-order valence-corrected chi connectivity index (χ3v) is 5.21. The summed E-state index contributed by atoms with van der Waals surface area (Å²) in [5, 5.41) is 21.5. The van der Waals surface area contributed by atoms with Gasteiger partial charge in [-0.3, -0.25) is 5.10 Å². The van der Waals surface area contributed by atoms with Crippen LogP contribution in [-0.4, -0.2) is 30.0 Å². The molecule has 0 spiro atoms. The van der Waals surface area contributed by atoms with Crippen LogP contribution in [0.15, 0.2) is 34.8 Å². The van der Waals surface area contributed by atoms with Crippen LogP contribution in [0.1, 0.15) is 19.5 Å². The van der Waals surface area contributed by atoms with Crippen molar-refractivity contribution in [1.29, 1.82) is 0 Å². The normalized spacial score (nSPS) is 11.7. The number of aromatic amines is 1. The van der Waals surface area contributed by atoms with E-state index >= 15 is 0 Å². The second kappa shape index (κ2) is 6.10. The van der Waals surface area contributed by atoms with E-state index in [1.165, 1.54) is 11.3 Å². The van der Waals surface area contributed by atoms with E-state index in [9.17, 15) is 0 Å². The average molecular weight is 403 g/mol. The number of hydrogen-bond acceptors (Lipinski definition) is 5. The molecule has 0 saturated heterocycles. The molecule has 1 aromatic carbocycles. The molecule has 0 radical (unpaired) electrons. The molecule has 24 heavy (non-hydrogen) atoms. The zero-order valence-electron chi connectivity index (χ0n) is 13.2. The summed E-state index contributed by atoms with van der Waals surface area (Å²) in [6.07, 6.45) is 0.953. The Morgan fingerprint density at radius 1 is 1.25 bits per heavy atom. The van der Waals surface area contributed by atoms with Crippen molar-refractivity contribution in [1.82, 2.24) is 30.0 Å². The van der Waals surface area contributed by atoms with Gasteiger partial charge in [-0.05, 0) is 24.5 Å². The van der Waals surface area contributed by atoms with Crippen molar-refractivity contribution in [3.63, 3.8) is 0 Å². The van der Waals surface area contributed by atoms with Gasteiger partial charge < -0.3 is 0 Å². The molecule has 0 saturated carbocycles. The zero-order chi connectivity index (χ0) is 16.7. The summed E-state index contributed by atoms with van der Waals surface area (Å²) in [5.74, 6) is 1.23. The average Bonchev–Trinajstić information content (AvgIpc) is 3.22. The Morgan fingerprint density at radius 2 is 2.08 bits per heavy atom. The summed E-state index contributed by atoms with van der Waals surface area (Å²) in [6.45, 7) is 4.36. The van der Waals surface area contributed by atoms with Crippen LogP contribution in [0.2, 0.25) is 0 Å². The van der Waals surface area contributed by atoms with Crippen molar-refractivity contribution in [2.24, 2.45) is 5.92 Å². The minimum absolute atomic E-state index is 0.568. The topological polar surface area (TPSA) is 71.8 Å². The lowest BCUT2D eigenvalue weighted by Gasteiger charge is -1.98. The van der Waals surface area contributed by atoms with Gasteiger partial charge in [0.1, 0.15) is 10.7 Å². The molecule has 0 unspecified atom stereocenters. The van der Waals surface area contributed by atoms with Gasteiger partial charge in [0.2, 0.25) is 10.8 Å². The highest BCUT2D eigenvalue weighted by Crippen LogP contribution is 2.32. The highest BCUT2D eigenvalue weighted by Gasteiger charge is 2.17. The molecule has 0 amide bonds. The summed E-state index contributed by atoms with van der Waals surface area (Å²) in [6, 6.07) is 10.0. The summed E-state index contributed by atoms with van der Waals surface area (Å²) in [5.41, 5.74) is 2.90. The smallest absolute Gasteiger partial charge is 0.235 e. The quantitative estimate of drug-likeness (QED) is 0.554. The molecule has 0 atom stereocenters. The third-order valence-electron chi connectivity index (χ3n) is 3.58. The largest absolute Gasteiger partial charge is 0.282 e. The molecule has 0 bridgehead atoms. The maximum atomic E-state index is 4.68. The third kappa shape index (κ3) is 2.76. The molecule has 1 N–H and O–H groups in total. The fourth-order valence-corrected chi connectivity index (χ4v) is 4.02. The van der Waals surface area contributed by atoms with E-state index in [0.717, 1.165) is 37.8 Å². The Labute approximate surface area is 151 Å². The molecule has 122 valence electrons. The summed E-state index contributed by atoms with van der Waals surface area (Å²) >= 11 is 5.08. The molecule has 0 aliphatic rings. The maximum Gasteiger partial charge on any atom is 0.235 e. The van der Waals surface area contributed by atoms with E-state index in [2.05, 4.69) is 55.3 Å². The van der Waals surface area contributed by atoms with E-state index in [4.69, 9.17) is 0 Å². The number of rotatable bonds is 4. The first kappa shape index (κ1) is 15.5. The van der Waals surface area contributed by atoms with Gasteiger partial charge in [0, 0.05) is 15.7 Å². The molecule has 0 fully saturated rings. The molecule has 3 heterocycles. The standard InChI is InChI=1S/C16H15BrN6S/c1-9(2)7-10-8-13(19-18-10)14-20-21-16-23(14)22-15(24-16)11-5-3-4-6-12(11)17/h3-6,8-9H,7H2,1-2H3,(H,18,19). The number of fused-ring (bicyclic) bond motifs is 1. The van der Waals surface area contributed by atoms with Gasteiger partial charge in [0.05, 0.1) is 0 Å². The molecule has 3 aromatic heterocycles. The Bertz CT molecular complexity index is 999. The van der Waals surface area contributed by atoms with Gasteiger partial charge in [0.15, 0.2) is 0 Å². The van der Waals surface area contributed by atoms with Crippen LogP contribution in [0.25, 0.3) is 27.1 Å². The number of nitrogens with zero attached hydrogens (tertiary/aromatic N) is 5. The van der Waals surface area contributed by atoms with E-state index in [1.807, 2.05) is 30.3 Å². The molecular weight excluding hydrogens is 388 g/mol. The van der Waals surface area contributed by atoms with E-state index in [-0.39, 0.29) is 0 Å². The lowest BCUT2D eigenvalue weighted by Crippen LogP contribution is -1.93. The first-order valence-electron chi connectivity index (χ1n) is 7.63. The number of aromatic nitrogens is 6. The van der Waals surface area contributed by atoms with Gasteiger partial charge in [-0.25, -0.2) is 0 Å². The first-order valence-corrected chi connectivity index (χ1v) is 9.24. The Kier molecular flexibility index (Phi) is 3.93. The Balaban J connectivity index is 1.75. The molecule has 4 rings (SSSR count). The lowest BCUT2D eigenvalue weighted by molar-refractivity contribution is 0.633. The van der Waals surface area contributed by atoms with Gasteiger partial charge in [-0.2, -0.15) is 14.7 Å². The minimum atomic E-state index is 0.568. The van der Waals surface area contributed by atoms with Crippen molar-refractivity contribution < 1.29 is 0 Å². The number of benzene rings is 1. The van der Waals surface area contributed by atoms with Crippen LogP contribution in [0.5, 0.6) is 0 Å². The van der Waals surface area contributed by atoms with Crippen LogP contribution >= 0.6 is 27.3 Å². The van der Waals surface area contributed by atoms with Crippen molar-refractivity contribution in [2.75, 3.05) is 0 Å². The molecule has 0 aliphatic heterocycles. The minimum Gasteiger partial charge on any atom is -0.282 e. The number of hydrogen-bond donors (Lipinski definition) is 1. The fourth-order valence-electron chi connectivity index (χ4n) is 2.54. The molecule has 8 heteroatoms. The van der Waals surface area contributed by atoms with E-state index in [0.29, 0.717) is 11.7 Å². The van der Waals surface area contributed by atoms with Gasteiger partial charge in [-0.1, -0.05) is 59.3 Å². The SMILES string of the molecule is CC(C)Cc1cc(-c2nnc3sc(-c4ccccc4Br)nn23)n[nH]1. The van der Waals surface area contributed by atoms with Crippen LogP contribution in [0.3, 0.4) is 0 Å². The van der Waals surface area contributed by atoms with E-state index < -0.39 is 0 Å². The van der Waals surface area contributed by atoms with Gasteiger partial charge in [-0.15, -0.1) is 10.2 Å². The fraction of sp³-hybridized carbons (Fsp3) is 0.250. The predicted molar refractivity (Wildman–Crippen MR) is 97.9 cm³/mol. The number of nitrogens with one attached hydrogen (secondary N) is 1. The maximum absolute atomic E-state index is 4.68. The second-order valence-electron chi connectivity index (χ2n) is 5.98. The van der Waals surface area contributed by atoms with Crippen LogP contribution in [-0.2, 0) is 6.42 Å². The molecule has 6 nitrogen and oxygen atoms in total. The molecule has 4 aromatic rings. The summed E-state index contributed by atoms with van der Waals surface area (Å²) in [4.78, 5) is 0.754. The highest BCUT2D eigenvalue weighted by atomic mass is 79.9. The lowest BCUT2D eigenvalue weighted by atomic mass is 10.1. The zero-order valence-corrected chi connectivity index (χ0v) is 15.6.